The van der Waals surface area contributed by atoms with E-state index in [0.29, 0.717) is 12.1 Å². The van der Waals surface area contributed by atoms with E-state index in [4.69, 9.17) is 0 Å². The van der Waals surface area contributed by atoms with Crippen LogP contribution in [-0.4, -0.2) is 24.5 Å². The Kier molecular flexibility index (Phi) is 8.14. The van der Waals surface area contributed by atoms with Gasteiger partial charge in [-0.05, 0) is 52.9 Å². The summed E-state index contributed by atoms with van der Waals surface area (Å²) in [5, 5.41) is 2.82. The summed E-state index contributed by atoms with van der Waals surface area (Å²) >= 11 is 4.95. The number of rotatable bonds is 8. The molecule has 1 amide bonds. The Hall–Kier alpha value is -0.550. The Morgan fingerprint density at radius 2 is 2.05 bits per heavy atom. The maximum atomic E-state index is 13.3. The Balaban J connectivity index is 2.26. The fourth-order valence-electron chi connectivity index (χ4n) is 1.70. The highest BCUT2D eigenvalue weighted by molar-refractivity contribution is 9.10. The van der Waals surface area contributed by atoms with Gasteiger partial charge in [0.1, 0.15) is 5.82 Å². The average Bonchev–Trinajstić information content (AvgIpc) is 2.40. The molecule has 0 aliphatic rings. The minimum atomic E-state index is -0.412. The van der Waals surface area contributed by atoms with Gasteiger partial charge in [0.05, 0.1) is 10.0 Å². The van der Waals surface area contributed by atoms with Crippen molar-refractivity contribution < 1.29 is 9.18 Å². The van der Waals surface area contributed by atoms with Gasteiger partial charge in [0.15, 0.2) is 0 Å². The van der Waals surface area contributed by atoms with Crippen LogP contribution in [0.1, 0.15) is 36.0 Å². The normalized spacial score (nSPS) is 10.5. The van der Waals surface area contributed by atoms with E-state index < -0.39 is 5.82 Å². The van der Waals surface area contributed by atoms with Gasteiger partial charge in [-0.15, -0.1) is 0 Å². The first-order chi connectivity index (χ1) is 9.16. The summed E-state index contributed by atoms with van der Waals surface area (Å²) in [6, 6.07) is 4.48. The Morgan fingerprint density at radius 1 is 1.32 bits per heavy atom. The number of hydrogen-bond acceptors (Lipinski definition) is 2. The van der Waals surface area contributed by atoms with Crippen LogP contribution < -0.4 is 5.32 Å². The van der Waals surface area contributed by atoms with Gasteiger partial charge in [-0.2, -0.15) is 11.8 Å². The quantitative estimate of drug-likeness (QED) is 0.712. The first kappa shape index (κ1) is 16.5. The number of amides is 1. The van der Waals surface area contributed by atoms with E-state index in [1.807, 2.05) is 11.8 Å². The number of halogens is 2. The SMILES string of the molecule is CSCCCCCCNC(=O)c1cccc(F)c1Br. The number of unbranched alkanes of at least 4 members (excludes halogenated alkanes) is 3. The van der Waals surface area contributed by atoms with E-state index in [9.17, 15) is 9.18 Å². The van der Waals surface area contributed by atoms with Gasteiger partial charge in [0, 0.05) is 6.54 Å². The summed E-state index contributed by atoms with van der Waals surface area (Å²) in [4.78, 5) is 11.8. The number of thioether (sulfide) groups is 1. The molecule has 0 aliphatic carbocycles. The van der Waals surface area contributed by atoms with Gasteiger partial charge in [-0.25, -0.2) is 4.39 Å². The Bertz CT molecular complexity index is 414. The van der Waals surface area contributed by atoms with Gasteiger partial charge >= 0.3 is 0 Å². The van der Waals surface area contributed by atoms with E-state index in [-0.39, 0.29) is 10.4 Å². The van der Waals surface area contributed by atoms with Crippen molar-refractivity contribution in [1.82, 2.24) is 5.32 Å². The molecule has 0 radical (unpaired) electrons. The lowest BCUT2D eigenvalue weighted by atomic mass is 10.2. The molecular weight excluding hydrogens is 329 g/mol. The molecule has 0 aromatic heterocycles. The van der Waals surface area contributed by atoms with E-state index in [2.05, 4.69) is 27.5 Å². The van der Waals surface area contributed by atoms with Crippen LogP contribution in [0.5, 0.6) is 0 Å². The lowest BCUT2D eigenvalue weighted by Gasteiger charge is -2.07. The summed E-state index contributed by atoms with van der Waals surface area (Å²) in [7, 11) is 0. The molecule has 2 nitrogen and oxygen atoms in total. The molecule has 1 N–H and O–H groups in total. The molecule has 0 fully saturated rings. The van der Waals surface area contributed by atoms with Crippen molar-refractivity contribution >= 4 is 33.6 Å². The summed E-state index contributed by atoms with van der Waals surface area (Å²) < 4.78 is 13.5. The maximum absolute atomic E-state index is 13.3. The van der Waals surface area contributed by atoms with Crippen LogP contribution >= 0.6 is 27.7 Å². The third kappa shape index (κ3) is 5.95. The van der Waals surface area contributed by atoms with Gasteiger partial charge in [-0.1, -0.05) is 18.9 Å². The van der Waals surface area contributed by atoms with Crippen LogP contribution in [0.2, 0.25) is 0 Å². The molecule has 1 aromatic rings. The highest BCUT2D eigenvalue weighted by Gasteiger charge is 2.11. The molecule has 0 saturated heterocycles. The standard InChI is InChI=1S/C14H19BrFNOS/c1-19-10-5-3-2-4-9-17-14(18)11-7-6-8-12(16)13(11)15/h6-8H,2-5,9-10H2,1H3,(H,17,18). The molecular formula is C14H19BrFNOS. The van der Waals surface area contributed by atoms with E-state index >= 15 is 0 Å². The maximum Gasteiger partial charge on any atom is 0.252 e. The molecule has 19 heavy (non-hydrogen) atoms. The fourth-order valence-corrected chi connectivity index (χ4v) is 2.64. The lowest BCUT2D eigenvalue weighted by Crippen LogP contribution is -2.25. The Morgan fingerprint density at radius 3 is 2.79 bits per heavy atom. The second-order valence-electron chi connectivity index (χ2n) is 4.26. The number of hydrogen-bond donors (Lipinski definition) is 1. The Labute approximate surface area is 126 Å². The predicted molar refractivity (Wildman–Crippen MR) is 83.3 cm³/mol. The molecule has 1 aromatic carbocycles. The second-order valence-corrected chi connectivity index (χ2v) is 6.04. The average molecular weight is 348 g/mol. The molecule has 0 bridgehead atoms. The summed E-state index contributed by atoms with van der Waals surface area (Å²) in [5.74, 6) is 0.558. The van der Waals surface area contributed by atoms with Crippen molar-refractivity contribution in [3.8, 4) is 0 Å². The van der Waals surface area contributed by atoms with Crippen molar-refractivity contribution in [3.63, 3.8) is 0 Å². The van der Waals surface area contributed by atoms with Gasteiger partial charge in [0.25, 0.3) is 5.91 Å². The number of carbonyl (C=O) groups is 1. The number of carbonyl (C=O) groups excluding carboxylic acids is 1. The topological polar surface area (TPSA) is 29.1 Å². The molecule has 0 heterocycles. The molecule has 1 rings (SSSR count). The minimum Gasteiger partial charge on any atom is -0.352 e. The predicted octanol–water partition coefficient (Wildman–Crippen LogP) is 4.24. The van der Waals surface area contributed by atoms with Crippen molar-refractivity contribution in [2.24, 2.45) is 0 Å². The molecule has 106 valence electrons. The lowest BCUT2D eigenvalue weighted by molar-refractivity contribution is 0.0951. The summed E-state index contributed by atoms with van der Waals surface area (Å²) in [6.45, 7) is 0.640. The molecule has 0 aliphatic heterocycles. The van der Waals surface area contributed by atoms with Crippen molar-refractivity contribution in [1.29, 1.82) is 0 Å². The number of nitrogens with one attached hydrogen (secondary N) is 1. The highest BCUT2D eigenvalue weighted by atomic mass is 79.9. The van der Waals surface area contributed by atoms with Crippen LogP contribution in [0.15, 0.2) is 22.7 Å². The van der Waals surface area contributed by atoms with Crippen molar-refractivity contribution in [2.75, 3.05) is 18.6 Å². The zero-order valence-electron chi connectivity index (χ0n) is 11.0. The second kappa shape index (κ2) is 9.37. The van der Waals surface area contributed by atoms with Crippen LogP contribution in [0.3, 0.4) is 0 Å². The van der Waals surface area contributed by atoms with Gasteiger partial charge in [0.2, 0.25) is 0 Å². The molecule has 0 unspecified atom stereocenters. The van der Waals surface area contributed by atoms with E-state index in [1.54, 1.807) is 6.07 Å². The first-order valence-electron chi connectivity index (χ1n) is 6.38. The van der Waals surface area contributed by atoms with Crippen molar-refractivity contribution in [2.45, 2.75) is 25.7 Å². The smallest absolute Gasteiger partial charge is 0.252 e. The summed E-state index contributed by atoms with van der Waals surface area (Å²) in [5.41, 5.74) is 0.349. The first-order valence-corrected chi connectivity index (χ1v) is 8.56. The van der Waals surface area contributed by atoms with Crippen LogP contribution in [0.4, 0.5) is 4.39 Å². The van der Waals surface area contributed by atoms with E-state index in [0.717, 1.165) is 12.8 Å². The van der Waals surface area contributed by atoms with E-state index in [1.165, 1.54) is 30.7 Å². The largest absolute Gasteiger partial charge is 0.352 e. The molecule has 0 saturated carbocycles. The van der Waals surface area contributed by atoms with Gasteiger partial charge in [-0.3, -0.25) is 4.79 Å². The highest BCUT2D eigenvalue weighted by Crippen LogP contribution is 2.20. The summed E-state index contributed by atoms with van der Waals surface area (Å²) in [6.07, 6.45) is 6.61. The minimum absolute atomic E-state index is 0.226. The third-order valence-corrected chi connectivity index (χ3v) is 4.26. The molecule has 0 atom stereocenters. The van der Waals surface area contributed by atoms with Gasteiger partial charge < -0.3 is 5.32 Å². The van der Waals surface area contributed by atoms with Crippen LogP contribution in [0.25, 0.3) is 0 Å². The molecule has 0 spiro atoms. The van der Waals surface area contributed by atoms with Crippen LogP contribution in [0, 0.1) is 5.82 Å². The fraction of sp³-hybridized carbons (Fsp3) is 0.500. The number of benzene rings is 1. The zero-order chi connectivity index (χ0) is 14.1. The van der Waals surface area contributed by atoms with Crippen LogP contribution in [-0.2, 0) is 0 Å². The monoisotopic (exact) mass is 347 g/mol. The molecule has 5 heteroatoms. The third-order valence-electron chi connectivity index (χ3n) is 2.76. The zero-order valence-corrected chi connectivity index (χ0v) is 13.4. The van der Waals surface area contributed by atoms with Crippen molar-refractivity contribution in [3.05, 3.63) is 34.1 Å².